The van der Waals surface area contributed by atoms with E-state index in [0.717, 1.165) is 16.3 Å². The zero-order valence-corrected chi connectivity index (χ0v) is 15.6. The molecule has 0 amide bonds. The lowest BCUT2D eigenvalue weighted by Gasteiger charge is -2.12. The number of halogens is 4. The molecule has 148 valence electrons. The van der Waals surface area contributed by atoms with Gasteiger partial charge >= 0.3 is 13.2 Å². The monoisotopic (exact) mass is 413 g/mol. The maximum Gasteiger partial charge on any atom is 0.387 e. The van der Waals surface area contributed by atoms with Crippen LogP contribution in [-0.4, -0.2) is 23.5 Å². The molecule has 0 unspecified atom stereocenters. The fraction of sp³-hybridized carbons (Fsp3) is 0.222. The summed E-state index contributed by atoms with van der Waals surface area (Å²) in [5, 5.41) is 8.28. The Balaban J connectivity index is 1.99. The van der Waals surface area contributed by atoms with Crippen LogP contribution in [0.4, 0.5) is 17.6 Å². The van der Waals surface area contributed by atoms with E-state index in [4.69, 9.17) is 0 Å². The zero-order valence-electron chi connectivity index (χ0n) is 14.8. The molecule has 3 rings (SSSR count). The van der Waals surface area contributed by atoms with E-state index in [9.17, 15) is 17.6 Å². The van der Waals surface area contributed by atoms with Crippen LogP contribution in [0.15, 0.2) is 52.7 Å². The summed E-state index contributed by atoms with van der Waals surface area (Å²) in [5.41, 5.74) is 1.44. The second-order valence-electron chi connectivity index (χ2n) is 5.61. The smallest absolute Gasteiger partial charge is 0.387 e. The second kappa shape index (κ2) is 8.42. The standard InChI is InChI=1S/C18H15F4N3O2S/c1-10(23-24-18-25(2)13-5-3-4-6-15(13)28-18)12-8-7-11(26-16(19)20)9-14(12)27-17(21)22/h3-9,16-17H,1-2H3/b23-10+,24-18+. The van der Waals surface area contributed by atoms with Gasteiger partial charge in [-0.2, -0.15) is 22.7 Å². The van der Waals surface area contributed by atoms with Crippen molar-refractivity contribution in [3.63, 3.8) is 0 Å². The maximum atomic E-state index is 12.7. The molecule has 0 saturated heterocycles. The molecule has 0 radical (unpaired) electrons. The van der Waals surface area contributed by atoms with Crippen molar-refractivity contribution in [1.29, 1.82) is 0 Å². The van der Waals surface area contributed by atoms with E-state index >= 15 is 0 Å². The van der Waals surface area contributed by atoms with E-state index in [2.05, 4.69) is 19.7 Å². The Labute approximate surface area is 161 Å². The number of alkyl halides is 4. The molecule has 0 aliphatic heterocycles. The minimum Gasteiger partial charge on any atom is -0.435 e. The predicted molar refractivity (Wildman–Crippen MR) is 98.3 cm³/mol. The van der Waals surface area contributed by atoms with Crippen LogP contribution in [0.2, 0.25) is 0 Å². The summed E-state index contributed by atoms with van der Waals surface area (Å²) in [6.07, 6.45) is 0. The molecule has 28 heavy (non-hydrogen) atoms. The van der Waals surface area contributed by atoms with Crippen LogP contribution in [0, 0.1) is 0 Å². The van der Waals surface area contributed by atoms with E-state index in [1.54, 1.807) is 6.92 Å². The van der Waals surface area contributed by atoms with E-state index in [1.165, 1.54) is 23.5 Å². The third-order valence-corrected chi connectivity index (χ3v) is 4.89. The Morgan fingerprint density at radius 1 is 1.04 bits per heavy atom. The molecule has 0 atom stereocenters. The van der Waals surface area contributed by atoms with Crippen LogP contribution >= 0.6 is 11.3 Å². The molecule has 0 N–H and O–H groups in total. The quantitative estimate of drug-likeness (QED) is 0.332. The number of hydrogen-bond acceptors (Lipinski definition) is 5. The van der Waals surface area contributed by atoms with Crippen molar-refractivity contribution in [2.24, 2.45) is 17.3 Å². The third kappa shape index (κ3) is 4.50. The summed E-state index contributed by atoms with van der Waals surface area (Å²) in [7, 11) is 1.84. The molecular weight excluding hydrogens is 398 g/mol. The van der Waals surface area contributed by atoms with E-state index < -0.39 is 13.2 Å². The van der Waals surface area contributed by atoms with Gasteiger partial charge in [0.15, 0.2) is 0 Å². The number of benzene rings is 2. The van der Waals surface area contributed by atoms with Crippen molar-refractivity contribution in [2.45, 2.75) is 20.1 Å². The van der Waals surface area contributed by atoms with Gasteiger partial charge in [0.1, 0.15) is 11.5 Å². The first-order valence-corrected chi connectivity index (χ1v) is 8.83. The van der Waals surface area contributed by atoms with Crippen molar-refractivity contribution in [2.75, 3.05) is 0 Å². The highest BCUT2D eigenvalue weighted by Crippen LogP contribution is 2.28. The molecule has 2 aromatic carbocycles. The fourth-order valence-corrected chi connectivity index (χ4v) is 3.49. The van der Waals surface area contributed by atoms with Gasteiger partial charge in [0, 0.05) is 18.7 Å². The normalized spacial score (nSPS) is 13.0. The summed E-state index contributed by atoms with van der Waals surface area (Å²) in [4.78, 5) is 0.606. The van der Waals surface area contributed by atoms with Crippen molar-refractivity contribution in [3.05, 3.63) is 52.8 Å². The molecule has 3 aromatic rings. The molecular formula is C18H15F4N3O2S. The Hall–Kier alpha value is -2.88. The minimum atomic E-state index is -3.13. The number of para-hydroxylation sites is 1. The van der Waals surface area contributed by atoms with Gasteiger partial charge in [0.25, 0.3) is 0 Å². The number of nitrogens with zero attached hydrogens (tertiary/aromatic N) is 3. The fourth-order valence-electron chi connectivity index (χ4n) is 2.52. The van der Waals surface area contributed by atoms with Gasteiger partial charge < -0.3 is 14.0 Å². The van der Waals surface area contributed by atoms with Gasteiger partial charge in [-0.1, -0.05) is 23.5 Å². The molecule has 0 aliphatic carbocycles. The number of fused-ring (bicyclic) bond motifs is 1. The second-order valence-corrected chi connectivity index (χ2v) is 6.62. The van der Waals surface area contributed by atoms with Crippen molar-refractivity contribution >= 4 is 27.3 Å². The Kier molecular flexibility index (Phi) is 5.98. The molecule has 1 aromatic heterocycles. The molecule has 1 heterocycles. The molecule has 0 fully saturated rings. The molecule has 0 saturated carbocycles. The van der Waals surface area contributed by atoms with E-state index in [-0.39, 0.29) is 22.8 Å². The van der Waals surface area contributed by atoms with Crippen LogP contribution in [-0.2, 0) is 7.05 Å². The number of hydrogen-bond donors (Lipinski definition) is 0. The Morgan fingerprint density at radius 3 is 2.43 bits per heavy atom. The van der Waals surface area contributed by atoms with Crippen molar-refractivity contribution in [1.82, 2.24) is 4.57 Å². The van der Waals surface area contributed by atoms with Gasteiger partial charge in [0.2, 0.25) is 4.80 Å². The van der Waals surface area contributed by atoms with Crippen LogP contribution in [0.25, 0.3) is 10.2 Å². The summed E-state index contributed by atoms with van der Waals surface area (Å²) in [5.74, 6) is -0.625. The van der Waals surface area contributed by atoms with E-state index in [0.29, 0.717) is 4.80 Å². The number of thiazole rings is 1. The summed E-state index contributed by atoms with van der Waals surface area (Å²) >= 11 is 1.42. The Bertz CT molecular complexity index is 1080. The van der Waals surface area contributed by atoms with Gasteiger partial charge in [-0.05, 0) is 31.2 Å². The first-order chi connectivity index (χ1) is 13.3. The van der Waals surface area contributed by atoms with Crippen molar-refractivity contribution < 1.29 is 27.0 Å². The third-order valence-electron chi connectivity index (χ3n) is 3.78. The molecule has 0 spiro atoms. The van der Waals surface area contributed by atoms with Gasteiger partial charge in [-0.3, -0.25) is 0 Å². The van der Waals surface area contributed by atoms with Crippen LogP contribution in [0.1, 0.15) is 12.5 Å². The lowest BCUT2D eigenvalue weighted by atomic mass is 10.1. The van der Waals surface area contributed by atoms with Crippen LogP contribution in [0.5, 0.6) is 11.5 Å². The zero-order chi connectivity index (χ0) is 20.3. The van der Waals surface area contributed by atoms with Crippen LogP contribution < -0.4 is 14.3 Å². The maximum absolute atomic E-state index is 12.7. The lowest BCUT2D eigenvalue weighted by Crippen LogP contribution is -2.10. The average molecular weight is 413 g/mol. The number of aryl methyl sites for hydroxylation is 1. The largest absolute Gasteiger partial charge is 0.435 e. The highest BCUT2D eigenvalue weighted by atomic mass is 32.1. The highest BCUT2D eigenvalue weighted by molar-refractivity contribution is 7.16. The first kappa shape index (κ1) is 19.9. The minimum absolute atomic E-state index is 0.189. The number of ether oxygens (including phenoxy) is 2. The predicted octanol–water partition coefficient (Wildman–Crippen LogP) is 4.77. The first-order valence-electron chi connectivity index (χ1n) is 8.02. The van der Waals surface area contributed by atoms with Gasteiger partial charge in [-0.15, -0.1) is 5.10 Å². The van der Waals surface area contributed by atoms with Crippen molar-refractivity contribution in [3.8, 4) is 11.5 Å². The summed E-state index contributed by atoms with van der Waals surface area (Å²) < 4.78 is 61.7. The van der Waals surface area contributed by atoms with Gasteiger partial charge in [0.05, 0.1) is 15.9 Å². The topological polar surface area (TPSA) is 48.1 Å². The molecule has 0 bridgehead atoms. The SMILES string of the molecule is C/C(=N\N=c1\sc2ccccc2n1C)c1ccc(OC(F)F)cc1OC(F)F. The summed E-state index contributed by atoms with van der Waals surface area (Å²) in [6.45, 7) is -4.66. The highest BCUT2D eigenvalue weighted by Gasteiger charge is 2.15. The van der Waals surface area contributed by atoms with E-state index in [1.807, 2.05) is 35.9 Å². The molecule has 10 heteroatoms. The molecule has 5 nitrogen and oxygen atoms in total. The van der Waals surface area contributed by atoms with Gasteiger partial charge in [-0.25, -0.2) is 0 Å². The van der Waals surface area contributed by atoms with Crippen LogP contribution in [0.3, 0.4) is 0 Å². The average Bonchev–Trinajstić information content (AvgIpc) is 2.95. The summed E-state index contributed by atoms with van der Waals surface area (Å²) in [6, 6.07) is 11.2. The Morgan fingerprint density at radius 2 is 1.75 bits per heavy atom. The number of rotatable bonds is 6. The number of aromatic nitrogens is 1. The lowest BCUT2D eigenvalue weighted by molar-refractivity contribution is -0.0543. The molecule has 0 aliphatic rings.